The zero-order chi connectivity index (χ0) is 21.6. The van der Waals surface area contributed by atoms with Crippen LogP contribution in [0.15, 0.2) is 65.2 Å². The third-order valence-electron chi connectivity index (χ3n) is 5.50. The van der Waals surface area contributed by atoms with Gasteiger partial charge in [-0.3, -0.25) is 9.59 Å². The van der Waals surface area contributed by atoms with E-state index in [1.165, 1.54) is 7.11 Å². The number of methoxy groups -OCH3 is 1. The molecule has 7 nitrogen and oxygen atoms in total. The number of amides is 2. The second-order valence-corrected chi connectivity index (χ2v) is 7.59. The molecule has 7 heteroatoms. The van der Waals surface area contributed by atoms with Crippen molar-refractivity contribution in [2.24, 2.45) is 0 Å². The summed E-state index contributed by atoms with van der Waals surface area (Å²) in [5, 5.41) is 6.75. The lowest BCUT2D eigenvalue weighted by Crippen LogP contribution is -2.36. The molecule has 0 fully saturated rings. The number of nitrogens with zero attached hydrogens (tertiary/aromatic N) is 2. The van der Waals surface area contributed by atoms with Crippen molar-refractivity contribution in [2.75, 3.05) is 20.2 Å². The van der Waals surface area contributed by atoms with Crippen molar-refractivity contribution in [3.05, 3.63) is 83.1 Å². The van der Waals surface area contributed by atoms with Crippen LogP contribution in [0.25, 0.3) is 0 Å². The molecule has 31 heavy (non-hydrogen) atoms. The molecule has 1 aliphatic rings. The van der Waals surface area contributed by atoms with Crippen LogP contribution in [0.4, 0.5) is 0 Å². The van der Waals surface area contributed by atoms with Gasteiger partial charge < -0.3 is 19.5 Å². The number of fused-ring (bicyclic) bond motifs is 1. The molecule has 1 unspecified atom stereocenters. The smallest absolute Gasteiger partial charge is 0.254 e. The lowest BCUT2D eigenvalue weighted by Gasteiger charge is -2.24. The Balaban J connectivity index is 1.37. The van der Waals surface area contributed by atoms with Crippen molar-refractivity contribution >= 4 is 11.8 Å². The van der Waals surface area contributed by atoms with Crippen molar-refractivity contribution in [3.8, 4) is 5.88 Å². The number of rotatable bonds is 9. The Labute approximate surface area is 181 Å². The van der Waals surface area contributed by atoms with E-state index in [0.29, 0.717) is 37.7 Å². The Morgan fingerprint density at radius 3 is 2.71 bits per heavy atom. The maximum Gasteiger partial charge on any atom is 0.254 e. The van der Waals surface area contributed by atoms with E-state index in [9.17, 15) is 9.59 Å². The number of carbonyl (C=O) groups is 2. The van der Waals surface area contributed by atoms with Crippen molar-refractivity contribution in [2.45, 2.75) is 25.3 Å². The first-order chi connectivity index (χ1) is 15.1. The molecule has 3 aromatic rings. The maximum atomic E-state index is 12.8. The minimum absolute atomic E-state index is 0.00575. The van der Waals surface area contributed by atoms with Gasteiger partial charge in [0.05, 0.1) is 7.11 Å². The van der Waals surface area contributed by atoms with Crippen LogP contribution in [0.3, 0.4) is 0 Å². The monoisotopic (exact) mass is 419 g/mol. The number of hydrogen-bond acceptors (Lipinski definition) is 5. The molecule has 0 saturated carbocycles. The lowest BCUT2D eigenvalue weighted by atomic mass is 9.98. The number of benzene rings is 2. The SMILES string of the molecule is COc1cc(CCC(=O)NCC(CN2Cc3ccccc3C2=O)c2ccccc2)on1. The van der Waals surface area contributed by atoms with Crippen molar-refractivity contribution in [1.82, 2.24) is 15.4 Å². The molecule has 1 aromatic heterocycles. The van der Waals surface area contributed by atoms with Crippen LogP contribution in [0.1, 0.15) is 39.6 Å². The van der Waals surface area contributed by atoms with Gasteiger partial charge in [-0.2, -0.15) is 0 Å². The maximum absolute atomic E-state index is 12.8. The number of aromatic nitrogens is 1. The number of ether oxygens (including phenoxy) is 1. The van der Waals surface area contributed by atoms with Crippen LogP contribution in [-0.2, 0) is 17.8 Å². The molecule has 0 bridgehead atoms. The Hall–Kier alpha value is -3.61. The highest BCUT2D eigenvalue weighted by Gasteiger charge is 2.29. The zero-order valence-electron chi connectivity index (χ0n) is 17.4. The highest BCUT2D eigenvalue weighted by molar-refractivity contribution is 5.98. The third kappa shape index (κ3) is 4.94. The summed E-state index contributed by atoms with van der Waals surface area (Å²) in [7, 11) is 1.52. The van der Waals surface area contributed by atoms with E-state index in [1.54, 1.807) is 6.07 Å². The van der Waals surface area contributed by atoms with E-state index in [0.717, 1.165) is 16.7 Å². The van der Waals surface area contributed by atoms with Gasteiger partial charge >= 0.3 is 0 Å². The lowest BCUT2D eigenvalue weighted by molar-refractivity contribution is -0.121. The Kier molecular flexibility index (Phi) is 6.31. The first-order valence-electron chi connectivity index (χ1n) is 10.3. The number of aryl methyl sites for hydroxylation is 1. The molecule has 2 amide bonds. The van der Waals surface area contributed by atoms with Gasteiger partial charge in [0.2, 0.25) is 5.91 Å². The summed E-state index contributed by atoms with van der Waals surface area (Å²) >= 11 is 0. The fraction of sp³-hybridized carbons (Fsp3) is 0.292. The predicted octanol–water partition coefficient (Wildman–Crippen LogP) is 3.17. The molecule has 0 radical (unpaired) electrons. The molecule has 160 valence electrons. The van der Waals surface area contributed by atoms with E-state index in [4.69, 9.17) is 9.26 Å². The topological polar surface area (TPSA) is 84.7 Å². The van der Waals surface area contributed by atoms with E-state index < -0.39 is 0 Å². The average Bonchev–Trinajstić information content (AvgIpc) is 3.40. The van der Waals surface area contributed by atoms with Crippen LogP contribution in [-0.4, -0.2) is 42.1 Å². The van der Waals surface area contributed by atoms with Gasteiger partial charge in [-0.05, 0) is 22.3 Å². The van der Waals surface area contributed by atoms with Crippen LogP contribution >= 0.6 is 0 Å². The van der Waals surface area contributed by atoms with Crippen LogP contribution in [0.2, 0.25) is 0 Å². The third-order valence-corrected chi connectivity index (χ3v) is 5.50. The summed E-state index contributed by atoms with van der Waals surface area (Å²) in [6.45, 7) is 1.58. The highest BCUT2D eigenvalue weighted by Crippen LogP contribution is 2.26. The minimum Gasteiger partial charge on any atom is -0.479 e. The molecule has 1 atom stereocenters. The van der Waals surface area contributed by atoms with Gasteiger partial charge in [-0.15, -0.1) is 0 Å². The summed E-state index contributed by atoms with van der Waals surface area (Å²) in [5.74, 6) is 0.964. The normalized spacial score (nSPS) is 13.7. The van der Waals surface area contributed by atoms with Crippen molar-refractivity contribution in [1.29, 1.82) is 0 Å². The van der Waals surface area contributed by atoms with E-state index >= 15 is 0 Å². The number of hydrogen-bond donors (Lipinski definition) is 1. The second-order valence-electron chi connectivity index (χ2n) is 7.59. The molecular weight excluding hydrogens is 394 g/mol. The van der Waals surface area contributed by atoms with Gasteiger partial charge in [0, 0.05) is 50.0 Å². The molecule has 4 rings (SSSR count). The molecule has 0 saturated heterocycles. The van der Waals surface area contributed by atoms with Gasteiger partial charge in [-0.1, -0.05) is 48.5 Å². The van der Waals surface area contributed by atoms with Crippen LogP contribution in [0, 0.1) is 0 Å². The van der Waals surface area contributed by atoms with Gasteiger partial charge in [-0.25, -0.2) is 0 Å². The largest absolute Gasteiger partial charge is 0.479 e. The molecule has 2 aromatic carbocycles. The summed E-state index contributed by atoms with van der Waals surface area (Å²) in [6, 6.07) is 19.4. The van der Waals surface area contributed by atoms with Crippen LogP contribution in [0.5, 0.6) is 5.88 Å². The summed E-state index contributed by atoms with van der Waals surface area (Å²) < 4.78 is 10.1. The van der Waals surface area contributed by atoms with Crippen molar-refractivity contribution < 1.29 is 18.8 Å². The Bertz CT molecular complexity index is 1050. The molecule has 0 spiro atoms. The number of carbonyl (C=O) groups excluding carboxylic acids is 2. The first kappa shape index (κ1) is 20.7. The van der Waals surface area contributed by atoms with E-state index in [2.05, 4.69) is 10.5 Å². The summed E-state index contributed by atoms with van der Waals surface area (Å²) in [6.07, 6.45) is 0.728. The highest BCUT2D eigenvalue weighted by atomic mass is 16.5. The standard InChI is InChI=1S/C24H25N3O4/c1-30-23-13-20(31-26-23)11-12-22(28)25-14-19(17-7-3-2-4-8-17)16-27-15-18-9-5-6-10-21(18)24(27)29/h2-10,13,19H,11-12,14-16H2,1H3,(H,25,28). The van der Waals surface area contributed by atoms with E-state index in [-0.39, 0.29) is 24.2 Å². The fourth-order valence-electron chi connectivity index (χ4n) is 3.81. The predicted molar refractivity (Wildman–Crippen MR) is 115 cm³/mol. The molecule has 0 aliphatic carbocycles. The summed E-state index contributed by atoms with van der Waals surface area (Å²) in [4.78, 5) is 27.1. The first-order valence-corrected chi connectivity index (χ1v) is 10.3. The Morgan fingerprint density at radius 1 is 1.19 bits per heavy atom. The fourth-order valence-corrected chi connectivity index (χ4v) is 3.81. The molecule has 2 heterocycles. The van der Waals surface area contributed by atoms with Gasteiger partial charge in [0.25, 0.3) is 11.8 Å². The van der Waals surface area contributed by atoms with Crippen molar-refractivity contribution in [3.63, 3.8) is 0 Å². The summed E-state index contributed by atoms with van der Waals surface area (Å²) in [5.41, 5.74) is 2.90. The Morgan fingerprint density at radius 2 is 1.97 bits per heavy atom. The number of nitrogens with one attached hydrogen (secondary N) is 1. The molecular formula is C24H25N3O4. The molecule has 1 aliphatic heterocycles. The average molecular weight is 419 g/mol. The zero-order valence-corrected chi connectivity index (χ0v) is 17.4. The van der Waals surface area contributed by atoms with Crippen LogP contribution < -0.4 is 10.1 Å². The quantitative estimate of drug-likeness (QED) is 0.576. The van der Waals surface area contributed by atoms with Gasteiger partial charge in [0.15, 0.2) is 0 Å². The van der Waals surface area contributed by atoms with Gasteiger partial charge in [0.1, 0.15) is 5.76 Å². The van der Waals surface area contributed by atoms with E-state index in [1.807, 2.05) is 59.5 Å². The molecule has 1 N–H and O–H groups in total. The second kappa shape index (κ2) is 9.47. The minimum atomic E-state index is -0.0765.